The molecule has 0 heterocycles. The predicted molar refractivity (Wildman–Crippen MR) is 52.6 cm³/mol. The van der Waals surface area contributed by atoms with E-state index >= 15 is 0 Å². The second kappa shape index (κ2) is 3.90. The maximum absolute atomic E-state index is 9.77. The van der Waals surface area contributed by atoms with Crippen LogP contribution >= 0.6 is 0 Å². The van der Waals surface area contributed by atoms with Gasteiger partial charge in [0.05, 0.1) is 12.2 Å². The van der Waals surface area contributed by atoms with Gasteiger partial charge in [0.1, 0.15) is 0 Å². The van der Waals surface area contributed by atoms with Gasteiger partial charge in [-0.25, -0.2) is 0 Å². The molecule has 0 radical (unpaired) electrons. The molecule has 2 heteroatoms. The lowest BCUT2D eigenvalue weighted by atomic mass is 9.85. The van der Waals surface area contributed by atoms with Crippen molar-refractivity contribution in [3.8, 4) is 0 Å². The molecule has 0 spiro atoms. The summed E-state index contributed by atoms with van der Waals surface area (Å²) < 4.78 is 0. The van der Waals surface area contributed by atoms with E-state index in [1.54, 1.807) is 13.8 Å². The molecule has 1 atom stereocenters. The first kappa shape index (κ1) is 10.2. The van der Waals surface area contributed by atoms with Gasteiger partial charge in [0, 0.05) is 5.92 Å². The van der Waals surface area contributed by atoms with Gasteiger partial charge in [-0.05, 0) is 19.4 Å². The Balaban J connectivity index is 2.92. The first-order valence-electron chi connectivity index (χ1n) is 4.44. The van der Waals surface area contributed by atoms with Crippen molar-refractivity contribution in [2.75, 3.05) is 6.61 Å². The standard InChI is InChI=1S/C11H16O2/c1-11(2,13)10(8-12)9-6-4-3-5-7-9/h3-7,10,12-13H,8H2,1-2H3/t10-/m0/s1. The van der Waals surface area contributed by atoms with Gasteiger partial charge in [0.15, 0.2) is 0 Å². The molecule has 0 amide bonds. The molecule has 0 aromatic heterocycles. The van der Waals surface area contributed by atoms with E-state index in [1.807, 2.05) is 30.3 Å². The SMILES string of the molecule is CC(C)(O)[C@@H](CO)c1ccccc1. The summed E-state index contributed by atoms with van der Waals surface area (Å²) in [6, 6.07) is 9.56. The van der Waals surface area contributed by atoms with Gasteiger partial charge in [-0.2, -0.15) is 0 Å². The summed E-state index contributed by atoms with van der Waals surface area (Å²) in [6.45, 7) is 3.38. The highest BCUT2D eigenvalue weighted by Gasteiger charge is 2.27. The number of hydrogen-bond donors (Lipinski definition) is 2. The molecule has 2 nitrogen and oxygen atoms in total. The van der Waals surface area contributed by atoms with E-state index in [0.29, 0.717) is 0 Å². The number of rotatable bonds is 3. The van der Waals surface area contributed by atoms with Crippen molar-refractivity contribution in [3.63, 3.8) is 0 Å². The van der Waals surface area contributed by atoms with E-state index in [4.69, 9.17) is 5.11 Å². The Kier molecular flexibility index (Phi) is 3.07. The van der Waals surface area contributed by atoms with Crippen LogP contribution in [0.15, 0.2) is 30.3 Å². The smallest absolute Gasteiger partial charge is 0.0682 e. The van der Waals surface area contributed by atoms with Gasteiger partial charge in [-0.3, -0.25) is 0 Å². The highest BCUT2D eigenvalue weighted by Crippen LogP contribution is 2.26. The predicted octanol–water partition coefficient (Wildman–Crippen LogP) is 1.53. The third-order valence-corrected chi connectivity index (χ3v) is 2.24. The summed E-state index contributed by atoms with van der Waals surface area (Å²) in [7, 11) is 0. The van der Waals surface area contributed by atoms with Crippen LogP contribution in [-0.4, -0.2) is 22.4 Å². The van der Waals surface area contributed by atoms with Crippen molar-refractivity contribution in [1.82, 2.24) is 0 Å². The van der Waals surface area contributed by atoms with E-state index in [2.05, 4.69) is 0 Å². The molecule has 1 aromatic rings. The molecule has 0 saturated heterocycles. The second-order valence-electron chi connectivity index (χ2n) is 3.80. The average molecular weight is 180 g/mol. The van der Waals surface area contributed by atoms with Gasteiger partial charge in [0.25, 0.3) is 0 Å². The van der Waals surface area contributed by atoms with Crippen LogP contribution in [0.4, 0.5) is 0 Å². The lowest BCUT2D eigenvalue weighted by Crippen LogP contribution is -2.31. The molecule has 0 unspecified atom stereocenters. The minimum atomic E-state index is -0.879. The van der Waals surface area contributed by atoms with Crippen LogP contribution in [0, 0.1) is 0 Å². The largest absolute Gasteiger partial charge is 0.396 e. The third-order valence-electron chi connectivity index (χ3n) is 2.24. The summed E-state index contributed by atoms with van der Waals surface area (Å²) in [5, 5.41) is 18.9. The summed E-state index contributed by atoms with van der Waals surface area (Å²) in [6.07, 6.45) is 0. The minimum absolute atomic E-state index is 0.0342. The summed E-state index contributed by atoms with van der Waals surface area (Å²) in [5.41, 5.74) is 0.0910. The maximum Gasteiger partial charge on any atom is 0.0682 e. The molecule has 0 fully saturated rings. The van der Waals surface area contributed by atoms with E-state index in [-0.39, 0.29) is 12.5 Å². The Morgan fingerprint density at radius 3 is 2.15 bits per heavy atom. The van der Waals surface area contributed by atoms with Crippen molar-refractivity contribution in [3.05, 3.63) is 35.9 Å². The zero-order chi connectivity index (χ0) is 9.90. The van der Waals surface area contributed by atoms with Crippen LogP contribution < -0.4 is 0 Å². The zero-order valence-electron chi connectivity index (χ0n) is 8.07. The van der Waals surface area contributed by atoms with Crippen molar-refractivity contribution < 1.29 is 10.2 Å². The summed E-state index contributed by atoms with van der Waals surface area (Å²) in [4.78, 5) is 0. The molecule has 13 heavy (non-hydrogen) atoms. The van der Waals surface area contributed by atoms with E-state index in [9.17, 15) is 5.11 Å². The Bertz CT molecular complexity index is 249. The Morgan fingerprint density at radius 1 is 1.23 bits per heavy atom. The van der Waals surface area contributed by atoms with Crippen molar-refractivity contribution in [2.24, 2.45) is 0 Å². The van der Waals surface area contributed by atoms with Gasteiger partial charge in [-0.15, -0.1) is 0 Å². The number of hydrogen-bond acceptors (Lipinski definition) is 2. The molecule has 0 saturated carbocycles. The Hall–Kier alpha value is -0.860. The van der Waals surface area contributed by atoms with E-state index in [0.717, 1.165) is 5.56 Å². The van der Waals surface area contributed by atoms with Gasteiger partial charge < -0.3 is 10.2 Å². The second-order valence-corrected chi connectivity index (χ2v) is 3.80. The molecular weight excluding hydrogens is 164 g/mol. The summed E-state index contributed by atoms with van der Waals surface area (Å²) >= 11 is 0. The fourth-order valence-corrected chi connectivity index (χ4v) is 1.42. The van der Waals surface area contributed by atoms with Crippen molar-refractivity contribution in [1.29, 1.82) is 0 Å². The first-order chi connectivity index (χ1) is 6.05. The van der Waals surface area contributed by atoms with Crippen LogP contribution in [0.25, 0.3) is 0 Å². The fourth-order valence-electron chi connectivity index (χ4n) is 1.42. The molecule has 72 valence electrons. The van der Waals surface area contributed by atoms with Gasteiger partial charge >= 0.3 is 0 Å². The van der Waals surface area contributed by atoms with Gasteiger partial charge in [-0.1, -0.05) is 30.3 Å². The molecule has 0 aliphatic heterocycles. The molecule has 1 aromatic carbocycles. The lowest BCUT2D eigenvalue weighted by molar-refractivity contribution is 0.0272. The van der Waals surface area contributed by atoms with Crippen molar-refractivity contribution >= 4 is 0 Å². The lowest BCUT2D eigenvalue weighted by Gasteiger charge is -2.27. The molecular formula is C11H16O2. The van der Waals surface area contributed by atoms with Crippen LogP contribution in [0.3, 0.4) is 0 Å². The first-order valence-corrected chi connectivity index (χ1v) is 4.44. The normalized spacial score (nSPS) is 14.2. The van der Waals surface area contributed by atoms with Crippen molar-refractivity contribution in [2.45, 2.75) is 25.4 Å². The average Bonchev–Trinajstić information content (AvgIpc) is 2.05. The topological polar surface area (TPSA) is 40.5 Å². The molecule has 0 aliphatic rings. The molecule has 2 N–H and O–H groups in total. The highest BCUT2D eigenvalue weighted by molar-refractivity contribution is 5.22. The third kappa shape index (κ3) is 2.54. The van der Waals surface area contributed by atoms with E-state index in [1.165, 1.54) is 0 Å². The summed E-state index contributed by atoms with van der Waals surface area (Å²) in [5.74, 6) is -0.214. The minimum Gasteiger partial charge on any atom is -0.396 e. The number of aliphatic hydroxyl groups is 2. The van der Waals surface area contributed by atoms with Crippen LogP contribution in [0.5, 0.6) is 0 Å². The Morgan fingerprint density at radius 2 is 1.77 bits per heavy atom. The van der Waals surface area contributed by atoms with Gasteiger partial charge in [0.2, 0.25) is 0 Å². The number of aliphatic hydroxyl groups excluding tert-OH is 1. The maximum atomic E-state index is 9.77. The monoisotopic (exact) mass is 180 g/mol. The fraction of sp³-hybridized carbons (Fsp3) is 0.455. The number of benzene rings is 1. The van der Waals surface area contributed by atoms with E-state index < -0.39 is 5.60 Å². The Labute approximate surface area is 78.8 Å². The molecule has 1 rings (SSSR count). The van der Waals surface area contributed by atoms with Crippen LogP contribution in [0.2, 0.25) is 0 Å². The quantitative estimate of drug-likeness (QED) is 0.740. The molecule has 0 bridgehead atoms. The van der Waals surface area contributed by atoms with Crippen LogP contribution in [0.1, 0.15) is 25.3 Å². The van der Waals surface area contributed by atoms with Crippen LogP contribution in [-0.2, 0) is 0 Å². The zero-order valence-corrected chi connectivity index (χ0v) is 8.07. The highest BCUT2D eigenvalue weighted by atomic mass is 16.3. The molecule has 0 aliphatic carbocycles.